The lowest BCUT2D eigenvalue weighted by atomic mass is 10.1. The van der Waals surface area contributed by atoms with E-state index >= 15 is 0 Å². The molecule has 0 saturated carbocycles. The molecule has 1 aromatic heterocycles. The molecule has 0 saturated heterocycles. The number of unbranched alkanes of at least 4 members (excludes halogenated alkanes) is 2. The number of pyridine rings is 1. The van der Waals surface area contributed by atoms with Gasteiger partial charge in [0.2, 0.25) is 0 Å². The zero-order valence-electron chi connectivity index (χ0n) is 12.0. The summed E-state index contributed by atoms with van der Waals surface area (Å²) in [5, 5.41) is -0.411. The Morgan fingerprint density at radius 1 is 1.35 bits per heavy atom. The molecular weight excluding hydrogens is 274 g/mol. The monoisotopic (exact) mass is 295 g/mol. The molecule has 20 heavy (non-hydrogen) atoms. The Labute approximate surface area is 124 Å². The number of rotatable bonds is 8. The van der Waals surface area contributed by atoms with Crippen molar-refractivity contribution in [3.63, 3.8) is 0 Å². The van der Waals surface area contributed by atoms with E-state index in [1.54, 1.807) is 6.20 Å². The molecule has 1 rings (SSSR count). The van der Waals surface area contributed by atoms with Crippen LogP contribution < -0.4 is 0 Å². The Hall–Kier alpha value is -1.36. The van der Waals surface area contributed by atoms with Crippen LogP contribution >= 0.6 is 11.8 Å². The van der Waals surface area contributed by atoms with Crippen LogP contribution in [0.25, 0.3) is 0 Å². The molecule has 0 bridgehead atoms. The molecule has 1 aromatic rings. The number of aryl methyl sites for hydroxylation is 1. The predicted molar refractivity (Wildman–Crippen MR) is 80.5 cm³/mol. The van der Waals surface area contributed by atoms with Crippen LogP contribution in [0, 0.1) is 0 Å². The van der Waals surface area contributed by atoms with E-state index in [9.17, 15) is 9.59 Å². The molecule has 0 aliphatic rings. The van der Waals surface area contributed by atoms with Crippen LogP contribution in [-0.2, 0) is 20.7 Å². The van der Waals surface area contributed by atoms with E-state index in [0.29, 0.717) is 6.42 Å². The standard InChI is InChI=1S/C15H21NO3S/c1-12(17)20-14(15(18)19-2)9-5-3-4-7-13-8-6-10-16-11-13/h6,8,10-11,14H,3-5,7,9H2,1-2H3. The molecule has 0 aliphatic carbocycles. The van der Waals surface area contributed by atoms with Gasteiger partial charge >= 0.3 is 5.97 Å². The van der Waals surface area contributed by atoms with Crippen molar-refractivity contribution in [1.82, 2.24) is 4.98 Å². The normalized spacial score (nSPS) is 11.9. The Bertz CT molecular complexity index is 422. The molecule has 0 radical (unpaired) electrons. The highest BCUT2D eigenvalue weighted by atomic mass is 32.2. The molecule has 0 spiro atoms. The van der Waals surface area contributed by atoms with E-state index < -0.39 is 0 Å². The van der Waals surface area contributed by atoms with Gasteiger partial charge < -0.3 is 4.74 Å². The summed E-state index contributed by atoms with van der Waals surface area (Å²) in [7, 11) is 1.36. The quantitative estimate of drug-likeness (QED) is 0.545. The lowest BCUT2D eigenvalue weighted by molar-refractivity contribution is -0.140. The number of thioether (sulfide) groups is 1. The molecule has 1 heterocycles. The van der Waals surface area contributed by atoms with E-state index in [-0.39, 0.29) is 16.3 Å². The molecule has 1 unspecified atom stereocenters. The number of aromatic nitrogens is 1. The van der Waals surface area contributed by atoms with Crippen LogP contribution in [0.1, 0.15) is 38.2 Å². The van der Waals surface area contributed by atoms with Gasteiger partial charge in [-0.2, -0.15) is 0 Å². The highest BCUT2D eigenvalue weighted by molar-refractivity contribution is 8.14. The van der Waals surface area contributed by atoms with Gasteiger partial charge in [-0.25, -0.2) is 0 Å². The van der Waals surface area contributed by atoms with E-state index in [1.807, 2.05) is 12.3 Å². The summed E-state index contributed by atoms with van der Waals surface area (Å²) < 4.78 is 4.72. The van der Waals surface area contributed by atoms with Gasteiger partial charge in [-0.3, -0.25) is 14.6 Å². The predicted octanol–water partition coefficient (Wildman–Crippen LogP) is 3.01. The lowest BCUT2D eigenvalue weighted by Gasteiger charge is -2.12. The largest absolute Gasteiger partial charge is 0.468 e. The topological polar surface area (TPSA) is 56.3 Å². The van der Waals surface area contributed by atoms with Crippen molar-refractivity contribution in [2.24, 2.45) is 0 Å². The first-order chi connectivity index (χ1) is 9.63. The van der Waals surface area contributed by atoms with Gasteiger partial charge in [-0.05, 0) is 30.9 Å². The van der Waals surface area contributed by atoms with Crippen molar-refractivity contribution in [2.75, 3.05) is 7.11 Å². The van der Waals surface area contributed by atoms with Crippen molar-refractivity contribution in [2.45, 2.75) is 44.3 Å². The maximum absolute atomic E-state index is 11.5. The maximum atomic E-state index is 11.5. The summed E-state index contributed by atoms with van der Waals surface area (Å²) >= 11 is 1.06. The van der Waals surface area contributed by atoms with Crippen LogP contribution in [0.4, 0.5) is 0 Å². The van der Waals surface area contributed by atoms with E-state index in [2.05, 4.69) is 11.1 Å². The fourth-order valence-electron chi connectivity index (χ4n) is 1.94. The van der Waals surface area contributed by atoms with E-state index in [4.69, 9.17) is 4.74 Å². The lowest BCUT2D eigenvalue weighted by Crippen LogP contribution is -2.20. The number of carbonyl (C=O) groups excluding carboxylic acids is 2. The summed E-state index contributed by atoms with van der Waals surface area (Å²) in [5.41, 5.74) is 1.23. The second-order valence-corrected chi connectivity index (χ2v) is 5.96. The minimum absolute atomic E-state index is 0.0456. The third-order valence-corrected chi connectivity index (χ3v) is 3.97. The SMILES string of the molecule is COC(=O)C(CCCCCc1cccnc1)SC(C)=O. The van der Waals surface area contributed by atoms with Gasteiger partial charge in [-0.15, -0.1) is 0 Å². The molecule has 0 fully saturated rings. The van der Waals surface area contributed by atoms with Crippen LogP contribution in [0.2, 0.25) is 0 Å². The van der Waals surface area contributed by atoms with Crippen molar-refractivity contribution in [3.8, 4) is 0 Å². The fraction of sp³-hybridized carbons (Fsp3) is 0.533. The van der Waals surface area contributed by atoms with Gasteiger partial charge in [0, 0.05) is 19.3 Å². The number of carbonyl (C=O) groups is 2. The van der Waals surface area contributed by atoms with Crippen LogP contribution in [0.15, 0.2) is 24.5 Å². The summed E-state index contributed by atoms with van der Waals surface area (Å²) in [6.45, 7) is 1.48. The summed E-state index contributed by atoms with van der Waals surface area (Å²) in [5.74, 6) is -0.308. The molecule has 0 aliphatic heterocycles. The van der Waals surface area contributed by atoms with Gasteiger partial charge in [0.1, 0.15) is 5.25 Å². The first-order valence-corrected chi connectivity index (χ1v) is 7.65. The molecule has 4 nitrogen and oxygen atoms in total. The smallest absolute Gasteiger partial charge is 0.319 e. The summed E-state index contributed by atoms with van der Waals surface area (Å²) in [6.07, 6.45) is 8.33. The Morgan fingerprint density at radius 2 is 2.15 bits per heavy atom. The highest BCUT2D eigenvalue weighted by Gasteiger charge is 2.21. The van der Waals surface area contributed by atoms with Crippen LogP contribution in [0.5, 0.6) is 0 Å². The first-order valence-electron chi connectivity index (χ1n) is 6.77. The van der Waals surface area contributed by atoms with E-state index in [1.165, 1.54) is 19.6 Å². The Kier molecular flexibility index (Phi) is 7.95. The third-order valence-electron chi connectivity index (χ3n) is 2.93. The average Bonchev–Trinajstić information content (AvgIpc) is 2.45. The number of ether oxygens (including phenoxy) is 1. The molecule has 0 aromatic carbocycles. The van der Waals surface area contributed by atoms with Crippen molar-refractivity contribution in [3.05, 3.63) is 30.1 Å². The second-order valence-electron chi connectivity index (χ2n) is 4.58. The highest BCUT2D eigenvalue weighted by Crippen LogP contribution is 2.20. The zero-order valence-corrected chi connectivity index (χ0v) is 12.8. The minimum atomic E-state index is -0.365. The van der Waals surface area contributed by atoms with Crippen molar-refractivity contribution in [1.29, 1.82) is 0 Å². The Morgan fingerprint density at radius 3 is 2.75 bits per heavy atom. The van der Waals surface area contributed by atoms with Crippen molar-refractivity contribution >= 4 is 22.8 Å². The minimum Gasteiger partial charge on any atom is -0.468 e. The molecule has 0 amide bonds. The fourth-order valence-corrected chi connectivity index (χ4v) is 2.82. The number of methoxy groups -OCH3 is 1. The second kappa shape index (κ2) is 9.53. The molecule has 5 heteroatoms. The number of hydrogen-bond acceptors (Lipinski definition) is 5. The number of nitrogens with zero attached hydrogens (tertiary/aromatic N) is 1. The van der Waals surface area contributed by atoms with Crippen LogP contribution in [-0.4, -0.2) is 28.4 Å². The third kappa shape index (κ3) is 6.70. The van der Waals surface area contributed by atoms with E-state index in [0.717, 1.165) is 37.4 Å². The van der Waals surface area contributed by atoms with Crippen molar-refractivity contribution < 1.29 is 14.3 Å². The van der Waals surface area contributed by atoms with Gasteiger partial charge in [0.05, 0.1) is 7.11 Å². The van der Waals surface area contributed by atoms with Crippen LogP contribution in [0.3, 0.4) is 0 Å². The first kappa shape index (κ1) is 16.7. The van der Waals surface area contributed by atoms with Gasteiger partial charge in [-0.1, -0.05) is 30.7 Å². The number of hydrogen-bond donors (Lipinski definition) is 0. The zero-order chi connectivity index (χ0) is 14.8. The molecule has 1 atom stereocenters. The summed E-state index contributed by atoms with van der Waals surface area (Å²) in [6, 6.07) is 4.00. The Balaban J connectivity index is 2.23. The summed E-state index contributed by atoms with van der Waals surface area (Å²) in [4.78, 5) is 26.7. The molecule has 110 valence electrons. The number of esters is 1. The van der Waals surface area contributed by atoms with Gasteiger partial charge in [0.15, 0.2) is 5.12 Å². The molecule has 0 N–H and O–H groups in total. The molecular formula is C15H21NO3S. The maximum Gasteiger partial charge on any atom is 0.319 e. The van der Waals surface area contributed by atoms with Gasteiger partial charge in [0.25, 0.3) is 0 Å². The average molecular weight is 295 g/mol.